The quantitative estimate of drug-likeness (QED) is 0.507. The van der Waals surface area contributed by atoms with E-state index in [4.69, 9.17) is 13.9 Å². The van der Waals surface area contributed by atoms with Crippen molar-refractivity contribution in [2.45, 2.75) is 6.54 Å². The summed E-state index contributed by atoms with van der Waals surface area (Å²) >= 11 is 0. The summed E-state index contributed by atoms with van der Waals surface area (Å²) in [5, 5.41) is 5.44. The first-order valence-corrected chi connectivity index (χ1v) is 8.60. The van der Waals surface area contributed by atoms with Crippen molar-refractivity contribution < 1.29 is 18.7 Å². The number of carbonyl (C=O) groups excluding carboxylic acids is 1. The molecule has 3 aromatic carbocycles. The smallest absolute Gasteiger partial charge is 0.337 e. The summed E-state index contributed by atoms with van der Waals surface area (Å²) in [7, 11) is 3.02. The Balaban J connectivity index is 1.65. The predicted octanol–water partition coefficient (Wildman–Crippen LogP) is 4.99. The molecule has 0 atom stereocenters. The van der Waals surface area contributed by atoms with Gasteiger partial charge in [-0.2, -0.15) is 0 Å². The molecule has 4 rings (SSSR count). The van der Waals surface area contributed by atoms with E-state index in [0.29, 0.717) is 12.1 Å². The van der Waals surface area contributed by atoms with Crippen LogP contribution in [0.3, 0.4) is 0 Å². The molecule has 0 bridgehead atoms. The Bertz CT molecular complexity index is 1130. The zero-order valence-electron chi connectivity index (χ0n) is 15.1. The lowest BCUT2D eigenvalue weighted by atomic mass is 10.1. The van der Waals surface area contributed by atoms with Crippen LogP contribution in [0.1, 0.15) is 15.9 Å². The molecular weight excluding hydrogens is 342 g/mol. The van der Waals surface area contributed by atoms with Gasteiger partial charge in [0.05, 0.1) is 25.5 Å². The number of para-hydroxylation sites is 1. The second-order valence-corrected chi connectivity index (χ2v) is 6.19. The Morgan fingerprint density at radius 2 is 1.81 bits per heavy atom. The molecule has 1 aromatic heterocycles. The molecule has 0 fully saturated rings. The molecule has 0 unspecified atom stereocenters. The van der Waals surface area contributed by atoms with Gasteiger partial charge in [0.25, 0.3) is 0 Å². The lowest BCUT2D eigenvalue weighted by Gasteiger charge is -2.12. The molecule has 0 amide bonds. The standard InChI is InChI=1S/C22H19NO4/c1-25-21-11-17-16-8-3-4-9-19(16)27-20(17)12-18(21)23-13-14-6-5-7-15(10-14)22(24)26-2/h3-12,23H,13H2,1-2H3. The van der Waals surface area contributed by atoms with Gasteiger partial charge in [-0.1, -0.05) is 30.3 Å². The van der Waals surface area contributed by atoms with Crippen molar-refractivity contribution in [3.63, 3.8) is 0 Å². The van der Waals surface area contributed by atoms with E-state index in [0.717, 1.165) is 38.9 Å². The first-order valence-electron chi connectivity index (χ1n) is 8.60. The van der Waals surface area contributed by atoms with Crippen LogP contribution in [0.4, 0.5) is 5.69 Å². The fourth-order valence-corrected chi connectivity index (χ4v) is 3.18. The molecule has 5 heteroatoms. The average molecular weight is 361 g/mol. The highest BCUT2D eigenvalue weighted by Crippen LogP contribution is 2.36. The molecule has 0 aliphatic rings. The molecule has 1 N–H and O–H groups in total. The van der Waals surface area contributed by atoms with Crippen LogP contribution in [-0.4, -0.2) is 20.2 Å². The molecule has 27 heavy (non-hydrogen) atoms. The van der Waals surface area contributed by atoms with E-state index in [1.165, 1.54) is 7.11 Å². The first-order chi connectivity index (χ1) is 13.2. The molecule has 0 saturated carbocycles. The van der Waals surface area contributed by atoms with Crippen LogP contribution in [0.15, 0.2) is 65.1 Å². The predicted molar refractivity (Wildman–Crippen MR) is 105 cm³/mol. The van der Waals surface area contributed by atoms with Gasteiger partial charge in [0.1, 0.15) is 16.9 Å². The Morgan fingerprint density at radius 3 is 2.63 bits per heavy atom. The minimum absolute atomic E-state index is 0.349. The van der Waals surface area contributed by atoms with Gasteiger partial charge in [0.2, 0.25) is 0 Å². The third-order valence-corrected chi connectivity index (χ3v) is 4.53. The van der Waals surface area contributed by atoms with Crippen LogP contribution >= 0.6 is 0 Å². The zero-order valence-corrected chi connectivity index (χ0v) is 15.1. The normalized spacial score (nSPS) is 10.9. The highest BCUT2D eigenvalue weighted by molar-refractivity contribution is 6.06. The lowest BCUT2D eigenvalue weighted by molar-refractivity contribution is 0.0600. The number of anilines is 1. The molecule has 4 aromatic rings. The minimum Gasteiger partial charge on any atom is -0.495 e. The van der Waals surface area contributed by atoms with E-state index >= 15 is 0 Å². The summed E-state index contributed by atoms with van der Waals surface area (Å²) in [5.74, 6) is 0.385. The van der Waals surface area contributed by atoms with Gasteiger partial charge in [-0.25, -0.2) is 4.79 Å². The number of fused-ring (bicyclic) bond motifs is 3. The number of benzene rings is 3. The fraction of sp³-hybridized carbons (Fsp3) is 0.136. The van der Waals surface area contributed by atoms with Gasteiger partial charge in [-0.15, -0.1) is 0 Å². The molecule has 1 heterocycles. The number of ether oxygens (including phenoxy) is 2. The van der Waals surface area contributed by atoms with E-state index in [1.54, 1.807) is 13.2 Å². The van der Waals surface area contributed by atoms with Crippen molar-refractivity contribution in [2.75, 3.05) is 19.5 Å². The van der Waals surface area contributed by atoms with Crippen LogP contribution in [0.25, 0.3) is 21.9 Å². The number of nitrogens with one attached hydrogen (secondary N) is 1. The summed E-state index contributed by atoms with van der Waals surface area (Å²) < 4.78 is 16.3. The Morgan fingerprint density at radius 1 is 0.963 bits per heavy atom. The van der Waals surface area contributed by atoms with E-state index in [9.17, 15) is 4.79 Å². The van der Waals surface area contributed by atoms with Crippen LogP contribution in [0.5, 0.6) is 5.75 Å². The first kappa shape index (κ1) is 17.0. The zero-order chi connectivity index (χ0) is 18.8. The van der Waals surface area contributed by atoms with Crippen molar-refractivity contribution in [1.29, 1.82) is 0 Å². The third-order valence-electron chi connectivity index (χ3n) is 4.53. The molecule has 0 radical (unpaired) electrons. The lowest BCUT2D eigenvalue weighted by Crippen LogP contribution is -2.05. The third kappa shape index (κ3) is 3.19. The molecule has 0 saturated heterocycles. The number of hydrogen-bond donors (Lipinski definition) is 1. The number of esters is 1. The maximum absolute atomic E-state index is 11.7. The van der Waals surface area contributed by atoms with E-state index < -0.39 is 0 Å². The van der Waals surface area contributed by atoms with Crippen molar-refractivity contribution in [1.82, 2.24) is 0 Å². The molecule has 0 aliphatic heterocycles. The van der Waals surface area contributed by atoms with Crippen LogP contribution in [0.2, 0.25) is 0 Å². The summed E-state index contributed by atoms with van der Waals surface area (Å²) in [4.78, 5) is 11.7. The summed E-state index contributed by atoms with van der Waals surface area (Å²) in [6.07, 6.45) is 0. The second kappa shape index (κ2) is 7.03. The Labute approximate surface area is 156 Å². The van der Waals surface area contributed by atoms with Crippen molar-refractivity contribution >= 4 is 33.6 Å². The largest absolute Gasteiger partial charge is 0.495 e. The number of furan rings is 1. The van der Waals surface area contributed by atoms with E-state index in [2.05, 4.69) is 5.32 Å². The molecule has 0 aliphatic carbocycles. The minimum atomic E-state index is -0.349. The molecular formula is C22H19NO4. The highest BCUT2D eigenvalue weighted by atomic mass is 16.5. The van der Waals surface area contributed by atoms with Gasteiger partial charge in [-0.05, 0) is 29.8 Å². The molecule has 136 valence electrons. The number of hydrogen-bond acceptors (Lipinski definition) is 5. The topological polar surface area (TPSA) is 60.7 Å². The van der Waals surface area contributed by atoms with Gasteiger partial charge in [0, 0.05) is 23.4 Å². The van der Waals surface area contributed by atoms with Gasteiger partial charge >= 0.3 is 5.97 Å². The maximum atomic E-state index is 11.7. The van der Waals surface area contributed by atoms with Crippen LogP contribution < -0.4 is 10.1 Å². The molecule has 0 spiro atoms. The number of carbonyl (C=O) groups is 1. The number of methoxy groups -OCH3 is 2. The second-order valence-electron chi connectivity index (χ2n) is 6.19. The SMILES string of the molecule is COC(=O)c1cccc(CNc2cc3oc4ccccc4c3cc2OC)c1. The fourth-order valence-electron chi connectivity index (χ4n) is 3.18. The van der Waals surface area contributed by atoms with Gasteiger partial charge in [0.15, 0.2) is 0 Å². The van der Waals surface area contributed by atoms with E-state index in [1.807, 2.05) is 54.6 Å². The van der Waals surface area contributed by atoms with Crippen LogP contribution in [0, 0.1) is 0 Å². The summed E-state index contributed by atoms with van der Waals surface area (Å²) in [6.45, 7) is 0.535. The van der Waals surface area contributed by atoms with Crippen molar-refractivity contribution in [2.24, 2.45) is 0 Å². The van der Waals surface area contributed by atoms with E-state index in [-0.39, 0.29) is 5.97 Å². The van der Waals surface area contributed by atoms with Gasteiger partial charge < -0.3 is 19.2 Å². The summed E-state index contributed by atoms with van der Waals surface area (Å²) in [6, 6.07) is 19.2. The van der Waals surface area contributed by atoms with Crippen molar-refractivity contribution in [3.8, 4) is 5.75 Å². The Hall–Kier alpha value is -3.47. The number of rotatable bonds is 5. The Kier molecular flexibility index (Phi) is 4.42. The summed E-state index contributed by atoms with van der Waals surface area (Å²) in [5.41, 5.74) is 3.95. The average Bonchev–Trinajstić information content (AvgIpc) is 3.08. The highest BCUT2D eigenvalue weighted by Gasteiger charge is 2.12. The van der Waals surface area contributed by atoms with Crippen molar-refractivity contribution in [3.05, 3.63) is 71.8 Å². The monoisotopic (exact) mass is 361 g/mol. The molecule has 5 nitrogen and oxygen atoms in total. The van der Waals surface area contributed by atoms with Gasteiger partial charge in [-0.3, -0.25) is 0 Å². The maximum Gasteiger partial charge on any atom is 0.337 e. The van der Waals surface area contributed by atoms with Crippen LogP contribution in [-0.2, 0) is 11.3 Å².